The van der Waals surface area contributed by atoms with Crippen LogP contribution in [0.4, 0.5) is 0 Å². The second-order valence-corrected chi connectivity index (χ2v) is 7.37. The zero-order valence-electron chi connectivity index (χ0n) is 12.2. The van der Waals surface area contributed by atoms with Gasteiger partial charge in [0, 0.05) is 38.8 Å². The number of amides is 1. The van der Waals surface area contributed by atoms with Gasteiger partial charge in [0.25, 0.3) is 0 Å². The van der Waals surface area contributed by atoms with E-state index in [0.29, 0.717) is 31.9 Å². The number of aromatic nitrogens is 1. The van der Waals surface area contributed by atoms with Gasteiger partial charge in [-0.25, -0.2) is 12.7 Å². The molecule has 118 valence electrons. The van der Waals surface area contributed by atoms with E-state index in [9.17, 15) is 13.2 Å². The number of carbonyl (C=O) groups excluding carboxylic acids is 1. The van der Waals surface area contributed by atoms with Gasteiger partial charge in [0.2, 0.25) is 15.9 Å². The molecule has 0 saturated carbocycles. The molecule has 1 atom stereocenters. The predicted molar refractivity (Wildman–Crippen MR) is 75.6 cm³/mol. The van der Waals surface area contributed by atoms with Gasteiger partial charge in [0.05, 0.1) is 17.9 Å². The van der Waals surface area contributed by atoms with E-state index in [0.717, 1.165) is 11.9 Å². The molecule has 1 aromatic heterocycles. The summed E-state index contributed by atoms with van der Waals surface area (Å²) in [7, 11) is -3.34. The largest absolute Gasteiger partial charge is 0.369 e. The minimum absolute atomic E-state index is 0.127. The Labute approximate surface area is 123 Å². The molecule has 21 heavy (non-hydrogen) atoms. The SMILES string of the molecule is Cc1cc(CN2CCN(S(C)(=O)=O)C[C@H](C(N)=O)C2)no1. The Morgan fingerprint density at radius 1 is 1.48 bits per heavy atom. The molecule has 1 aliphatic rings. The summed E-state index contributed by atoms with van der Waals surface area (Å²) < 4.78 is 29.7. The highest BCUT2D eigenvalue weighted by atomic mass is 32.2. The van der Waals surface area contributed by atoms with Gasteiger partial charge in [-0.1, -0.05) is 5.16 Å². The monoisotopic (exact) mass is 316 g/mol. The lowest BCUT2D eigenvalue weighted by Gasteiger charge is -2.20. The molecular formula is C12H20N4O4S. The van der Waals surface area contributed by atoms with Crippen molar-refractivity contribution < 1.29 is 17.7 Å². The molecule has 0 bridgehead atoms. The van der Waals surface area contributed by atoms with E-state index in [1.165, 1.54) is 4.31 Å². The smallest absolute Gasteiger partial charge is 0.223 e. The first-order chi connectivity index (χ1) is 9.75. The molecule has 1 amide bonds. The van der Waals surface area contributed by atoms with Gasteiger partial charge in [-0.2, -0.15) is 0 Å². The first kappa shape index (κ1) is 15.9. The lowest BCUT2D eigenvalue weighted by Crippen LogP contribution is -2.40. The van der Waals surface area contributed by atoms with Crippen molar-refractivity contribution in [1.82, 2.24) is 14.4 Å². The molecule has 0 radical (unpaired) electrons. The van der Waals surface area contributed by atoms with Crippen molar-refractivity contribution in [2.45, 2.75) is 13.5 Å². The summed E-state index contributed by atoms with van der Waals surface area (Å²) in [6.45, 7) is 3.69. The number of nitrogens with two attached hydrogens (primary N) is 1. The molecule has 1 fully saturated rings. The van der Waals surface area contributed by atoms with Gasteiger partial charge in [0.1, 0.15) is 5.76 Å². The average Bonchev–Trinajstić information content (AvgIpc) is 2.63. The van der Waals surface area contributed by atoms with E-state index in [1.807, 2.05) is 11.0 Å². The number of hydrogen-bond donors (Lipinski definition) is 1. The first-order valence-electron chi connectivity index (χ1n) is 6.64. The van der Waals surface area contributed by atoms with Gasteiger partial charge < -0.3 is 10.3 Å². The van der Waals surface area contributed by atoms with Crippen molar-refractivity contribution in [3.63, 3.8) is 0 Å². The highest BCUT2D eigenvalue weighted by molar-refractivity contribution is 7.88. The van der Waals surface area contributed by atoms with E-state index < -0.39 is 21.8 Å². The fourth-order valence-corrected chi connectivity index (χ4v) is 3.26. The number of hydrogen-bond acceptors (Lipinski definition) is 6. The van der Waals surface area contributed by atoms with Crippen molar-refractivity contribution in [3.8, 4) is 0 Å². The molecule has 1 saturated heterocycles. The van der Waals surface area contributed by atoms with Crippen LogP contribution in [0.1, 0.15) is 11.5 Å². The van der Waals surface area contributed by atoms with Gasteiger partial charge in [-0.3, -0.25) is 9.69 Å². The Balaban J connectivity index is 2.12. The third kappa shape index (κ3) is 4.26. The normalized spacial score (nSPS) is 22.1. The maximum Gasteiger partial charge on any atom is 0.223 e. The second kappa shape index (κ2) is 6.12. The number of carbonyl (C=O) groups is 1. The Morgan fingerprint density at radius 2 is 2.19 bits per heavy atom. The van der Waals surface area contributed by atoms with Crippen molar-refractivity contribution in [3.05, 3.63) is 17.5 Å². The highest BCUT2D eigenvalue weighted by Gasteiger charge is 2.30. The molecule has 0 aliphatic carbocycles. The van der Waals surface area contributed by atoms with Crippen LogP contribution in [0.15, 0.2) is 10.6 Å². The average molecular weight is 316 g/mol. The molecule has 9 heteroatoms. The molecule has 1 aromatic rings. The van der Waals surface area contributed by atoms with Crippen molar-refractivity contribution in [1.29, 1.82) is 0 Å². The summed E-state index contributed by atoms with van der Waals surface area (Å²) in [4.78, 5) is 13.5. The van der Waals surface area contributed by atoms with Crippen LogP contribution in [0.25, 0.3) is 0 Å². The van der Waals surface area contributed by atoms with E-state index >= 15 is 0 Å². The Morgan fingerprint density at radius 3 is 2.71 bits per heavy atom. The third-order valence-corrected chi connectivity index (χ3v) is 4.77. The standard InChI is InChI=1S/C12H20N4O4S/c1-9-5-11(14-20-9)8-15-3-4-16(21(2,18)19)7-10(6-15)12(13)17/h5,10H,3-4,6-8H2,1-2H3,(H2,13,17)/t10-/m1/s1. The van der Waals surface area contributed by atoms with E-state index in [4.69, 9.17) is 10.3 Å². The lowest BCUT2D eigenvalue weighted by atomic mass is 10.1. The first-order valence-corrected chi connectivity index (χ1v) is 8.49. The van der Waals surface area contributed by atoms with Gasteiger partial charge in [-0.05, 0) is 6.92 Å². The molecule has 8 nitrogen and oxygen atoms in total. The molecule has 2 heterocycles. The van der Waals surface area contributed by atoms with E-state index in [-0.39, 0.29) is 6.54 Å². The number of rotatable bonds is 4. The quantitative estimate of drug-likeness (QED) is 0.776. The minimum Gasteiger partial charge on any atom is -0.369 e. The van der Waals surface area contributed by atoms with Crippen LogP contribution in [-0.2, 0) is 21.4 Å². The van der Waals surface area contributed by atoms with E-state index in [2.05, 4.69) is 5.16 Å². The Hall–Kier alpha value is -1.45. The van der Waals surface area contributed by atoms with Crippen LogP contribution in [-0.4, -0.2) is 61.1 Å². The third-order valence-electron chi connectivity index (χ3n) is 3.50. The topological polar surface area (TPSA) is 110 Å². The minimum atomic E-state index is -3.34. The molecule has 0 spiro atoms. The van der Waals surface area contributed by atoms with Gasteiger partial charge in [-0.15, -0.1) is 0 Å². The summed E-state index contributed by atoms with van der Waals surface area (Å²) in [5, 5.41) is 3.91. The fraction of sp³-hybridized carbons (Fsp3) is 0.667. The molecule has 2 rings (SSSR count). The summed E-state index contributed by atoms with van der Waals surface area (Å²) in [6.07, 6.45) is 1.14. The fourth-order valence-electron chi connectivity index (χ4n) is 2.40. The molecular weight excluding hydrogens is 296 g/mol. The predicted octanol–water partition coefficient (Wildman–Crippen LogP) is -0.838. The van der Waals surface area contributed by atoms with Gasteiger partial charge in [0.15, 0.2) is 0 Å². The molecule has 1 aliphatic heterocycles. The summed E-state index contributed by atoms with van der Waals surface area (Å²) in [5.41, 5.74) is 6.13. The van der Waals surface area contributed by atoms with Crippen LogP contribution < -0.4 is 5.73 Å². The zero-order chi connectivity index (χ0) is 15.6. The highest BCUT2D eigenvalue weighted by Crippen LogP contribution is 2.15. The van der Waals surface area contributed by atoms with Crippen LogP contribution in [0.2, 0.25) is 0 Å². The number of aryl methyl sites for hydroxylation is 1. The molecule has 0 aromatic carbocycles. The second-order valence-electron chi connectivity index (χ2n) is 5.38. The van der Waals surface area contributed by atoms with E-state index in [1.54, 1.807) is 6.92 Å². The zero-order valence-corrected chi connectivity index (χ0v) is 13.0. The summed E-state index contributed by atoms with van der Waals surface area (Å²) in [6, 6.07) is 1.82. The Kier molecular flexibility index (Phi) is 4.64. The molecule has 0 unspecified atom stereocenters. The summed E-state index contributed by atoms with van der Waals surface area (Å²) >= 11 is 0. The molecule has 2 N–H and O–H groups in total. The number of nitrogens with zero attached hydrogens (tertiary/aromatic N) is 3. The van der Waals surface area contributed by atoms with Crippen molar-refractivity contribution >= 4 is 15.9 Å². The van der Waals surface area contributed by atoms with Crippen LogP contribution in [0.3, 0.4) is 0 Å². The van der Waals surface area contributed by atoms with Crippen molar-refractivity contribution in [2.24, 2.45) is 11.7 Å². The lowest BCUT2D eigenvalue weighted by molar-refractivity contribution is -0.122. The van der Waals surface area contributed by atoms with Crippen LogP contribution in [0, 0.1) is 12.8 Å². The maximum absolute atomic E-state index is 11.7. The summed E-state index contributed by atoms with van der Waals surface area (Å²) in [5.74, 6) is -0.314. The van der Waals surface area contributed by atoms with Crippen LogP contribution in [0.5, 0.6) is 0 Å². The van der Waals surface area contributed by atoms with Crippen LogP contribution >= 0.6 is 0 Å². The number of sulfonamides is 1. The number of primary amides is 1. The maximum atomic E-state index is 11.7. The van der Waals surface area contributed by atoms with Gasteiger partial charge >= 0.3 is 0 Å². The Bertz CT molecular complexity index is 613. The van der Waals surface area contributed by atoms with Crippen molar-refractivity contribution in [2.75, 3.05) is 32.4 Å².